The van der Waals surface area contributed by atoms with E-state index in [0.717, 1.165) is 6.42 Å². The lowest BCUT2D eigenvalue weighted by molar-refractivity contribution is 0.0779. The molecule has 2 N–H and O–H groups in total. The summed E-state index contributed by atoms with van der Waals surface area (Å²) in [5, 5.41) is 0.822. The number of nitrogens with two attached hydrogens (primary N) is 1. The van der Waals surface area contributed by atoms with Crippen molar-refractivity contribution >= 4 is 34.7 Å². The van der Waals surface area contributed by atoms with Gasteiger partial charge in [0.2, 0.25) is 5.78 Å². The molecule has 2 aromatic carbocycles. The van der Waals surface area contributed by atoms with Crippen LogP contribution >= 0.6 is 23.2 Å². The van der Waals surface area contributed by atoms with Crippen LogP contribution in [0.4, 0.5) is 5.69 Å². The monoisotopic (exact) mass is 337 g/mol. The van der Waals surface area contributed by atoms with E-state index in [1.807, 2.05) is 19.1 Å². The molecule has 0 aliphatic carbocycles. The van der Waals surface area contributed by atoms with Crippen LogP contribution in [0.15, 0.2) is 42.5 Å². The average Bonchev–Trinajstić information content (AvgIpc) is 2.50. The van der Waals surface area contributed by atoms with Gasteiger partial charge in [-0.2, -0.15) is 0 Å². The summed E-state index contributed by atoms with van der Waals surface area (Å²) in [6.45, 7) is 1.98. The fourth-order valence-electron chi connectivity index (χ4n) is 2.11. The third kappa shape index (κ3) is 3.93. The lowest BCUT2D eigenvalue weighted by atomic mass is 10.0. The quantitative estimate of drug-likeness (QED) is 0.595. The second-order valence-electron chi connectivity index (χ2n) is 4.92. The number of halogens is 2. The number of nitrogen functional groups attached to an aromatic ring is 1. The molecule has 0 spiro atoms. The summed E-state index contributed by atoms with van der Waals surface area (Å²) in [5.74, 6) is 0.296. The molecule has 116 valence electrons. The molecule has 3 nitrogen and oxygen atoms in total. The van der Waals surface area contributed by atoms with E-state index < -0.39 is 6.10 Å². The molecule has 0 aliphatic heterocycles. The first-order chi connectivity index (χ1) is 10.5. The van der Waals surface area contributed by atoms with Crippen molar-refractivity contribution in [2.24, 2.45) is 0 Å². The molecule has 5 heteroatoms. The Morgan fingerprint density at radius 3 is 2.64 bits per heavy atom. The molecular weight excluding hydrogens is 321 g/mol. The molecule has 0 radical (unpaired) electrons. The minimum absolute atomic E-state index is 0.197. The first-order valence-electron chi connectivity index (χ1n) is 7.03. The average molecular weight is 338 g/mol. The maximum absolute atomic E-state index is 12.7. The van der Waals surface area contributed by atoms with E-state index in [9.17, 15) is 4.79 Å². The van der Waals surface area contributed by atoms with Crippen molar-refractivity contribution in [3.05, 3.63) is 58.1 Å². The summed E-state index contributed by atoms with van der Waals surface area (Å²) in [4.78, 5) is 12.7. The minimum Gasteiger partial charge on any atom is -0.480 e. The summed E-state index contributed by atoms with van der Waals surface area (Å²) < 4.78 is 5.82. The smallest absolute Gasteiger partial charge is 0.204 e. The summed E-state index contributed by atoms with van der Waals surface area (Å²) >= 11 is 12.1. The predicted molar refractivity (Wildman–Crippen MR) is 91.0 cm³/mol. The van der Waals surface area contributed by atoms with Crippen LogP contribution in [0.2, 0.25) is 10.0 Å². The number of para-hydroxylation sites is 2. The first kappa shape index (κ1) is 16.7. The van der Waals surface area contributed by atoms with Crippen LogP contribution in [0, 0.1) is 0 Å². The number of hydrogen-bond donors (Lipinski definition) is 1. The Kier molecular flexibility index (Phi) is 5.69. The highest BCUT2D eigenvalue weighted by molar-refractivity contribution is 6.36. The highest BCUT2D eigenvalue weighted by atomic mass is 35.5. The van der Waals surface area contributed by atoms with Gasteiger partial charge in [-0.1, -0.05) is 48.7 Å². The van der Waals surface area contributed by atoms with Crippen molar-refractivity contribution in [3.8, 4) is 5.75 Å². The standard InChI is InChI=1S/C17H17Cl2NO2/c1-2-5-16(22-15-7-4-3-6-14(15)20)17(21)12-10-11(18)8-9-13(12)19/h3-4,6-10,16H,2,5,20H2,1H3. The fourth-order valence-corrected chi connectivity index (χ4v) is 2.49. The SMILES string of the molecule is CCCC(Oc1ccccc1N)C(=O)c1cc(Cl)ccc1Cl. The second kappa shape index (κ2) is 7.52. The molecule has 1 unspecified atom stereocenters. The Labute approximate surface area is 140 Å². The number of rotatable bonds is 6. The van der Waals surface area contributed by atoms with Gasteiger partial charge in [-0.3, -0.25) is 4.79 Å². The van der Waals surface area contributed by atoms with Crippen LogP contribution in [0.1, 0.15) is 30.1 Å². The summed E-state index contributed by atoms with van der Waals surface area (Å²) in [6, 6.07) is 11.9. The van der Waals surface area contributed by atoms with Gasteiger partial charge < -0.3 is 10.5 Å². The number of benzene rings is 2. The molecule has 2 rings (SSSR count). The maximum Gasteiger partial charge on any atom is 0.204 e. The zero-order valence-corrected chi connectivity index (χ0v) is 13.7. The molecule has 0 amide bonds. The van der Waals surface area contributed by atoms with E-state index in [2.05, 4.69) is 0 Å². The van der Waals surface area contributed by atoms with E-state index in [1.165, 1.54) is 0 Å². The van der Waals surface area contributed by atoms with E-state index in [-0.39, 0.29) is 5.78 Å². The molecule has 0 saturated carbocycles. The molecule has 0 heterocycles. The normalized spacial score (nSPS) is 12.0. The second-order valence-corrected chi connectivity index (χ2v) is 5.77. The highest BCUT2D eigenvalue weighted by Crippen LogP contribution is 2.27. The van der Waals surface area contributed by atoms with Gasteiger partial charge in [0, 0.05) is 10.6 Å². The van der Waals surface area contributed by atoms with Gasteiger partial charge in [0.1, 0.15) is 5.75 Å². The van der Waals surface area contributed by atoms with Crippen molar-refractivity contribution in [1.82, 2.24) is 0 Å². The largest absolute Gasteiger partial charge is 0.480 e. The predicted octanol–water partition coefficient (Wildman–Crippen LogP) is 5.01. The van der Waals surface area contributed by atoms with Gasteiger partial charge in [-0.05, 0) is 36.8 Å². The van der Waals surface area contributed by atoms with Gasteiger partial charge in [0.25, 0.3) is 0 Å². The minimum atomic E-state index is -0.648. The van der Waals surface area contributed by atoms with Crippen molar-refractivity contribution < 1.29 is 9.53 Å². The Morgan fingerprint density at radius 2 is 1.95 bits per heavy atom. The van der Waals surface area contributed by atoms with Crippen LogP contribution in [0.5, 0.6) is 5.75 Å². The van der Waals surface area contributed by atoms with Crippen LogP contribution in [-0.4, -0.2) is 11.9 Å². The molecular formula is C17H17Cl2NO2. The highest BCUT2D eigenvalue weighted by Gasteiger charge is 2.24. The summed E-state index contributed by atoms with van der Waals surface area (Å²) in [6.07, 6.45) is 0.711. The van der Waals surface area contributed by atoms with E-state index in [0.29, 0.717) is 33.5 Å². The Balaban J connectivity index is 2.29. The molecule has 22 heavy (non-hydrogen) atoms. The number of carbonyl (C=O) groups excluding carboxylic acids is 1. The summed E-state index contributed by atoms with van der Waals surface area (Å²) in [7, 11) is 0. The molecule has 1 atom stereocenters. The third-order valence-corrected chi connectivity index (χ3v) is 3.79. The van der Waals surface area contributed by atoms with Crippen molar-refractivity contribution in [2.75, 3.05) is 5.73 Å². The third-order valence-electron chi connectivity index (χ3n) is 3.23. The molecule has 0 bridgehead atoms. The topological polar surface area (TPSA) is 52.3 Å². The van der Waals surface area contributed by atoms with Crippen molar-refractivity contribution in [2.45, 2.75) is 25.9 Å². The molecule has 2 aromatic rings. The van der Waals surface area contributed by atoms with Crippen LogP contribution < -0.4 is 10.5 Å². The van der Waals surface area contributed by atoms with Crippen LogP contribution in [0.3, 0.4) is 0 Å². The number of Topliss-reactive ketones (excluding diaryl/α,β-unsaturated/α-hetero) is 1. The Morgan fingerprint density at radius 1 is 1.23 bits per heavy atom. The van der Waals surface area contributed by atoms with Crippen LogP contribution in [-0.2, 0) is 0 Å². The van der Waals surface area contributed by atoms with Gasteiger partial charge in [0.15, 0.2) is 6.10 Å². The number of hydrogen-bond acceptors (Lipinski definition) is 3. The number of ketones is 1. The number of carbonyl (C=O) groups is 1. The van der Waals surface area contributed by atoms with Crippen molar-refractivity contribution in [1.29, 1.82) is 0 Å². The number of ether oxygens (including phenoxy) is 1. The van der Waals surface area contributed by atoms with Gasteiger partial charge in [-0.25, -0.2) is 0 Å². The van der Waals surface area contributed by atoms with E-state index >= 15 is 0 Å². The fraction of sp³-hybridized carbons (Fsp3) is 0.235. The molecule has 0 aliphatic rings. The molecule has 0 fully saturated rings. The van der Waals surface area contributed by atoms with Crippen molar-refractivity contribution in [3.63, 3.8) is 0 Å². The Hall–Kier alpha value is -1.71. The Bertz CT molecular complexity index is 673. The lowest BCUT2D eigenvalue weighted by Gasteiger charge is -2.19. The first-order valence-corrected chi connectivity index (χ1v) is 7.79. The number of anilines is 1. The molecule has 0 aromatic heterocycles. The van der Waals surface area contributed by atoms with Gasteiger partial charge >= 0.3 is 0 Å². The molecule has 0 saturated heterocycles. The maximum atomic E-state index is 12.7. The zero-order chi connectivity index (χ0) is 16.1. The van der Waals surface area contributed by atoms with E-state index in [4.69, 9.17) is 33.7 Å². The summed E-state index contributed by atoms with van der Waals surface area (Å²) in [5.41, 5.74) is 6.73. The van der Waals surface area contributed by atoms with Crippen LogP contribution in [0.25, 0.3) is 0 Å². The van der Waals surface area contributed by atoms with Gasteiger partial charge in [0.05, 0.1) is 10.7 Å². The zero-order valence-electron chi connectivity index (χ0n) is 12.2. The van der Waals surface area contributed by atoms with Gasteiger partial charge in [-0.15, -0.1) is 0 Å². The van der Waals surface area contributed by atoms with E-state index in [1.54, 1.807) is 30.3 Å². The lowest BCUT2D eigenvalue weighted by Crippen LogP contribution is -2.28.